The maximum Gasteiger partial charge on any atom is 0.264 e. The highest BCUT2D eigenvalue weighted by molar-refractivity contribution is 7.92. The lowest BCUT2D eigenvalue weighted by molar-refractivity contribution is -0.119. The van der Waals surface area contributed by atoms with Crippen LogP contribution in [0.25, 0.3) is 0 Å². The van der Waals surface area contributed by atoms with E-state index < -0.39 is 22.5 Å². The molecule has 0 aliphatic carbocycles. The van der Waals surface area contributed by atoms with Gasteiger partial charge in [-0.15, -0.1) is 0 Å². The number of amides is 1. The van der Waals surface area contributed by atoms with Gasteiger partial charge in [-0.1, -0.05) is 35.9 Å². The summed E-state index contributed by atoms with van der Waals surface area (Å²) in [6, 6.07) is 17.8. The Balaban J connectivity index is 1.86. The van der Waals surface area contributed by atoms with E-state index >= 15 is 0 Å². The third kappa shape index (κ3) is 5.86. The van der Waals surface area contributed by atoms with Crippen LogP contribution in [0.2, 0.25) is 5.02 Å². The minimum atomic E-state index is -4.06. The van der Waals surface area contributed by atoms with Crippen LogP contribution in [0.5, 0.6) is 11.5 Å². The number of rotatable bonds is 9. The van der Waals surface area contributed by atoms with E-state index in [4.69, 9.17) is 21.1 Å². The second-order valence-corrected chi connectivity index (χ2v) is 9.46. The predicted molar refractivity (Wildman–Crippen MR) is 132 cm³/mol. The van der Waals surface area contributed by atoms with Crippen LogP contribution in [0.4, 0.5) is 5.69 Å². The topological polar surface area (TPSA) is 97.3 Å². The highest BCUT2D eigenvalue weighted by atomic mass is 35.5. The van der Waals surface area contributed by atoms with E-state index in [0.29, 0.717) is 33.3 Å². The van der Waals surface area contributed by atoms with Gasteiger partial charge in [0.2, 0.25) is 0 Å². The molecule has 8 nitrogen and oxygen atoms in total. The number of carbonyl (C=O) groups excluding carboxylic acids is 1. The number of hydrogen-bond donors (Lipinski definition) is 1. The predicted octanol–water partition coefficient (Wildman–Crippen LogP) is 4.01. The van der Waals surface area contributed by atoms with Gasteiger partial charge in [0, 0.05) is 16.7 Å². The molecule has 0 atom stereocenters. The van der Waals surface area contributed by atoms with Crippen LogP contribution >= 0.6 is 11.6 Å². The monoisotopic (exact) mass is 501 g/mol. The van der Waals surface area contributed by atoms with Gasteiger partial charge in [-0.05, 0) is 48.9 Å². The van der Waals surface area contributed by atoms with Crippen molar-refractivity contribution >= 4 is 39.4 Å². The fourth-order valence-electron chi connectivity index (χ4n) is 3.14. The molecule has 0 radical (unpaired) electrons. The molecule has 3 aromatic rings. The maximum absolute atomic E-state index is 13.4. The van der Waals surface area contributed by atoms with Crippen molar-refractivity contribution in [3.8, 4) is 11.5 Å². The van der Waals surface area contributed by atoms with E-state index in [1.807, 2.05) is 0 Å². The van der Waals surface area contributed by atoms with E-state index in [1.54, 1.807) is 62.6 Å². The molecular formula is C24H24ClN3O5S. The Labute approximate surface area is 203 Å². The fraction of sp³-hybridized carbons (Fsp3) is 0.167. The molecule has 0 unspecified atom stereocenters. The van der Waals surface area contributed by atoms with Crippen molar-refractivity contribution in [1.29, 1.82) is 0 Å². The van der Waals surface area contributed by atoms with E-state index in [0.717, 1.165) is 4.31 Å². The molecule has 0 heterocycles. The summed E-state index contributed by atoms with van der Waals surface area (Å²) in [4.78, 5) is 12.8. The minimum Gasteiger partial charge on any atom is -0.497 e. The SMILES string of the molecule is COc1ccc(/C=N\NC(=O)CN(c2cc(Cl)ccc2C)S(=O)(=O)c2ccccc2)c(OC)c1. The van der Waals surface area contributed by atoms with Gasteiger partial charge in [0.25, 0.3) is 15.9 Å². The average molecular weight is 502 g/mol. The Morgan fingerprint density at radius 2 is 1.79 bits per heavy atom. The molecule has 0 fully saturated rings. The molecule has 0 spiro atoms. The number of benzene rings is 3. The lowest BCUT2D eigenvalue weighted by Gasteiger charge is -2.25. The molecule has 10 heteroatoms. The van der Waals surface area contributed by atoms with Gasteiger partial charge in [-0.3, -0.25) is 9.10 Å². The quantitative estimate of drug-likeness (QED) is 0.353. The number of nitrogens with zero attached hydrogens (tertiary/aromatic N) is 2. The van der Waals surface area contributed by atoms with E-state index in [9.17, 15) is 13.2 Å². The fourth-order valence-corrected chi connectivity index (χ4v) is 4.80. The van der Waals surface area contributed by atoms with Crippen molar-refractivity contribution in [2.24, 2.45) is 5.10 Å². The third-order valence-corrected chi connectivity index (χ3v) is 6.90. The summed E-state index contributed by atoms with van der Waals surface area (Å²) in [5, 5.41) is 4.30. The molecule has 0 aliphatic rings. The highest BCUT2D eigenvalue weighted by Crippen LogP contribution is 2.29. The van der Waals surface area contributed by atoms with Crippen molar-refractivity contribution in [3.05, 3.63) is 82.9 Å². The number of carbonyl (C=O) groups is 1. The first kappa shape index (κ1) is 25.1. The minimum absolute atomic E-state index is 0.0497. The average Bonchev–Trinajstić information content (AvgIpc) is 2.84. The Morgan fingerprint density at radius 1 is 1.06 bits per heavy atom. The van der Waals surface area contributed by atoms with E-state index in [1.165, 1.54) is 31.5 Å². The lowest BCUT2D eigenvalue weighted by Crippen LogP contribution is -2.40. The van der Waals surface area contributed by atoms with Gasteiger partial charge in [-0.25, -0.2) is 13.8 Å². The van der Waals surface area contributed by atoms with Crippen LogP contribution in [0, 0.1) is 6.92 Å². The zero-order chi connectivity index (χ0) is 24.7. The number of hydrazone groups is 1. The molecular weight excluding hydrogens is 478 g/mol. The Morgan fingerprint density at radius 3 is 2.47 bits per heavy atom. The summed E-state index contributed by atoms with van der Waals surface area (Å²) in [7, 11) is -1.01. The number of halogens is 1. The first-order valence-corrected chi connectivity index (χ1v) is 12.0. The van der Waals surface area contributed by atoms with Crippen molar-refractivity contribution < 1.29 is 22.7 Å². The van der Waals surface area contributed by atoms with Gasteiger partial charge in [-0.2, -0.15) is 5.10 Å². The molecule has 3 aromatic carbocycles. The normalized spacial score (nSPS) is 11.3. The van der Waals surface area contributed by atoms with Gasteiger partial charge in [0.15, 0.2) is 0 Å². The highest BCUT2D eigenvalue weighted by Gasteiger charge is 2.28. The smallest absolute Gasteiger partial charge is 0.264 e. The Hall–Kier alpha value is -3.56. The number of sulfonamides is 1. The van der Waals surface area contributed by atoms with Gasteiger partial charge >= 0.3 is 0 Å². The summed E-state index contributed by atoms with van der Waals surface area (Å²) in [5.41, 5.74) is 3.91. The lowest BCUT2D eigenvalue weighted by atomic mass is 10.2. The van der Waals surface area contributed by atoms with Crippen molar-refractivity contribution in [3.63, 3.8) is 0 Å². The second-order valence-electron chi connectivity index (χ2n) is 7.16. The largest absolute Gasteiger partial charge is 0.497 e. The van der Waals surface area contributed by atoms with Crippen LogP contribution in [0.3, 0.4) is 0 Å². The van der Waals surface area contributed by atoms with Crippen LogP contribution < -0.4 is 19.2 Å². The molecule has 34 heavy (non-hydrogen) atoms. The first-order valence-electron chi connectivity index (χ1n) is 10.1. The zero-order valence-electron chi connectivity index (χ0n) is 18.9. The van der Waals surface area contributed by atoms with E-state index in [-0.39, 0.29) is 4.90 Å². The summed E-state index contributed by atoms with van der Waals surface area (Å²) >= 11 is 6.13. The Bertz CT molecular complexity index is 1300. The molecule has 0 saturated carbocycles. The number of hydrogen-bond acceptors (Lipinski definition) is 6. The summed E-state index contributed by atoms with van der Waals surface area (Å²) < 4.78 is 38.3. The zero-order valence-corrected chi connectivity index (χ0v) is 20.4. The van der Waals surface area contributed by atoms with Gasteiger partial charge in [0.05, 0.1) is 31.0 Å². The summed E-state index contributed by atoms with van der Waals surface area (Å²) in [5.74, 6) is 0.472. The Kier molecular flexibility index (Phi) is 8.14. The number of nitrogens with one attached hydrogen (secondary N) is 1. The standard InChI is InChI=1S/C24H24ClN3O5S/c1-17-9-11-19(25)13-22(17)28(34(30,31)21-7-5-4-6-8-21)16-24(29)27-26-15-18-10-12-20(32-2)14-23(18)33-3/h4-15H,16H2,1-3H3,(H,27,29)/b26-15-. The van der Waals surface area contributed by atoms with Crippen molar-refractivity contribution in [2.75, 3.05) is 25.1 Å². The maximum atomic E-state index is 13.4. The third-order valence-electron chi connectivity index (χ3n) is 4.89. The van der Waals surface area contributed by atoms with Crippen molar-refractivity contribution in [2.45, 2.75) is 11.8 Å². The first-order chi connectivity index (χ1) is 16.3. The van der Waals surface area contributed by atoms with Crippen LogP contribution in [0.15, 0.2) is 76.7 Å². The molecule has 3 rings (SSSR count). The molecule has 0 aliphatic heterocycles. The van der Waals surface area contributed by atoms with E-state index in [2.05, 4.69) is 10.5 Å². The summed E-state index contributed by atoms with van der Waals surface area (Å²) in [6.07, 6.45) is 1.40. The number of methoxy groups -OCH3 is 2. The van der Waals surface area contributed by atoms with Crippen molar-refractivity contribution in [1.82, 2.24) is 5.43 Å². The van der Waals surface area contributed by atoms with Gasteiger partial charge in [0.1, 0.15) is 18.0 Å². The molecule has 1 amide bonds. The number of aryl methyl sites for hydroxylation is 1. The summed E-state index contributed by atoms with van der Waals surface area (Å²) in [6.45, 7) is 1.24. The van der Waals surface area contributed by atoms with Crippen LogP contribution in [-0.2, 0) is 14.8 Å². The van der Waals surface area contributed by atoms with Crippen LogP contribution in [0.1, 0.15) is 11.1 Å². The second kappa shape index (κ2) is 11.0. The van der Waals surface area contributed by atoms with Gasteiger partial charge < -0.3 is 9.47 Å². The van der Waals surface area contributed by atoms with Crippen LogP contribution in [-0.4, -0.2) is 41.3 Å². The molecule has 0 bridgehead atoms. The number of anilines is 1. The molecule has 0 saturated heterocycles. The number of ether oxygens (including phenoxy) is 2. The molecule has 1 N–H and O–H groups in total. The molecule has 0 aromatic heterocycles. The molecule has 178 valence electrons.